The van der Waals surface area contributed by atoms with E-state index in [-0.39, 0.29) is 30.8 Å². The number of benzene rings is 1. The van der Waals surface area contributed by atoms with Crippen LogP contribution in [0.15, 0.2) is 42.7 Å². The SMILES string of the molecule is O=C(NCc1nccnc1Cl)N1CC(O)(c2ccccc2)C1. The first-order valence-electron chi connectivity index (χ1n) is 6.84. The Kier molecular flexibility index (Phi) is 3.96. The molecule has 7 heteroatoms. The van der Waals surface area contributed by atoms with E-state index in [0.29, 0.717) is 5.69 Å². The van der Waals surface area contributed by atoms with Gasteiger partial charge in [-0.05, 0) is 5.56 Å². The van der Waals surface area contributed by atoms with Crippen molar-refractivity contribution >= 4 is 17.6 Å². The average molecular weight is 319 g/mol. The second kappa shape index (κ2) is 5.90. The van der Waals surface area contributed by atoms with Crippen LogP contribution in [0.5, 0.6) is 0 Å². The number of amides is 2. The maximum Gasteiger partial charge on any atom is 0.317 e. The Morgan fingerprint density at radius 2 is 1.95 bits per heavy atom. The lowest BCUT2D eigenvalue weighted by Crippen LogP contribution is -2.63. The molecule has 1 saturated heterocycles. The molecule has 0 atom stereocenters. The molecule has 2 N–H and O–H groups in total. The number of nitrogens with zero attached hydrogens (tertiary/aromatic N) is 3. The minimum absolute atomic E-state index is 0.200. The van der Waals surface area contributed by atoms with Gasteiger partial charge in [-0.15, -0.1) is 0 Å². The van der Waals surface area contributed by atoms with Gasteiger partial charge in [0.2, 0.25) is 0 Å². The van der Waals surface area contributed by atoms with Crippen molar-refractivity contribution in [3.05, 3.63) is 59.1 Å². The number of halogens is 1. The Morgan fingerprint density at radius 1 is 1.27 bits per heavy atom. The van der Waals surface area contributed by atoms with Crippen LogP contribution in [0.1, 0.15) is 11.3 Å². The highest BCUT2D eigenvalue weighted by Gasteiger charge is 2.44. The molecule has 1 fully saturated rings. The van der Waals surface area contributed by atoms with E-state index in [1.54, 1.807) is 0 Å². The Hall–Kier alpha value is -2.18. The third kappa shape index (κ3) is 2.88. The monoisotopic (exact) mass is 318 g/mol. The number of hydrogen-bond donors (Lipinski definition) is 2. The topological polar surface area (TPSA) is 78.4 Å². The van der Waals surface area contributed by atoms with Crippen molar-refractivity contribution in [1.82, 2.24) is 20.2 Å². The number of aliphatic hydroxyl groups is 1. The highest BCUT2D eigenvalue weighted by atomic mass is 35.5. The molecule has 1 aromatic heterocycles. The number of hydrogen-bond acceptors (Lipinski definition) is 4. The third-order valence-electron chi connectivity index (χ3n) is 3.63. The molecule has 6 nitrogen and oxygen atoms in total. The first-order chi connectivity index (χ1) is 10.6. The summed E-state index contributed by atoms with van der Waals surface area (Å²) < 4.78 is 0. The van der Waals surface area contributed by atoms with E-state index in [9.17, 15) is 9.90 Å². The molecule has 0 radical (unpaired) electrons. The summed E-state index contributed by atoms with van der Waals surface area (Å²) in [7, 11) is 0. The first-order valence-corrected chi connectivity index (χ1v) is 7.22. The van der Waals surface area contributed by atoms with Gasteiger partial charge < -0.3 is 15.3 Å². The zero-order chi connectivity index (χ0) is 15.6. The number of carbonyl (C=O) groups is 1. The fourth-order valence-electron chi connectivity index (χ4n) is 2.40. The molecule has 22 heavy (non-hydrogen) atoms. The number of aromatic nitrogens is 2. The van der Waals surface area contributed by atoms with E-state index in [1.807, 2.05) is 30.3 Å². The Morgan fingerprint density at radius 3 is 2.64 bits per heavy atom. The smallest absolute Gasteiger partial charge is 0.317 e. The van der Waals surface area contributed by atoms with E-state index >= 15 is 0 Å². The summed E-state index contributed by atoms with van der Waals surface area (Å²) in [5.41, 5.74) is 0.357. The van der Waals surface area contributed by atoms with Gasteiger partial charge in [-0.3, -0.25) is 4.98 Å². The van der Waals surface area contributed by atoms with Gasteiger partial charge in [0.25, 0.3) is 0 Å². The van der Waals surface area contributed by atoms with Crippen molar-refractivity contribution in [3.8, 4) is 0 Å². The molecule has 0 bridgehead atoms. The van der Waals surface area contributed by atoms with Crippen LogP contribution >= 0.6 is 11.6 Å². The predicted molar refractivity (Wildman–Crippen MR) is 81.2 cm³/mol. The summed E-state index contributed by atoms with van der Waals surface area (Å²) in [6, 6.07) is 9.07. The molecule has 0 spiro atoms. The number of carbonyl (C=O) groups excluding carboxylic acids is 1. The molecule has 2 amide bonds. The molecular formula is C15H15ClN4O2. The molecule has 1 aliphatic heterocycles. The highest BCUT2D eigenvalue weighted by Crippen LogP contribution is 2.31. The van der Waals surface area contributed by atoms with Crippen LogP contribution in [-0.2, 0) is 12.1 Å². The van der Waals surface area contributed by atoms with Crippen molar-refractivity contribution in [2.45, 2.75) is 12.1 Å². The van der Waals surface area contributed by atoms with Crippen LogP contribution < -0.4 is 5.32 Å². The summed E-state index contributed by atoms with van der Waals surface area (Å²) in [5, 5.41) is 13.5. The predicted octanol–water partition coefficient (Wildman–Crippen LogP) is 1.54. The summed E-state index contributed by atoms with van der Waals surface area (Å²) in [6.45, 7) is 0.722. The minimum Gasteiger partial charge on any atom is -0.381 e. The van der Waals surface area contributed by atoms with Crippen LogP contribution in [-0.4, -0.2) is 39.1 Å². The number of urea groups is 1. The molecule has 0 aliphatic carbocycles. The van der Waals surface area contributed by atoms with Crippen LogP contribution in [0.2, 0.25) is 5.15 Å². The molecule has 2 heterocycles. The van der Waals surface area contributed by atoms with Gasteiger partial charge in [-0.2, -0.15) is 0 Å². The standard InChI is InChI=1S/C15H15ClN4O2/c16-13-12(17-6-7-18-13)8-19-14(21)20-9-15(22,10-20)11-4-2-1-3-5-11/h1-7,22H,8-10H2,(H,19,21). The van der Waals surface area contributed by atoms with Gasteiger partial charge in [0.05, 0.1) is 25.3 Å². The van der Waals surface area contributed by atoms with E-state index in [1.165, 1.54) is 17.3 Å². The van der Waals surface area contributed by atoms with Crippen molar-refractivity contribution in [2.75, 3.05) is 13.1 Å². The summed E-state index contributed by atoms with van der Waals surface area (Å²) in [5.74, 6) is 0. The van der Waals surface area contributed by atoms with Crippen molar-refractivity contribution in [3.63, 3.8) is 0 Å². The van der Waals surface area contributed by atoms with Gasteiger partial charge in [0.1, 0.15) is 5.60 Å². The van der Waals surface area contributed by atoms with E-state index in [0.717, 1.165) is 5.56 Å². The van der Waals surface area contributed by atoms with E-state index in [4.69, 9.17) is 11.6 Å². The molecule has 0 unspecified atom stereocenters. The lowest BCUT2D eigenvalue weighted by atomic mass is 9.86. The van der Waals surface area contributed by atoms with Crippen molar-refractivity contribution in [1.29, 1.82) is 0 Å². The zero-order valence-electron chi connectivity index (χ0n) is 11.7. The Balaban J connectivity index is 1.55. The first kappa shape index (κ1) is 14.7. The normalized spacial score (nSPS) is 16.0. The van der Waals surface area contributed by atoms with Crippen molar-refractivity contribution < 1.29 is 9.90 Å². The number of nitrogens with one attached hydrogen (secondary N) is 1. The van der Waals surface area contributed by atoms with Crippen LogP contribution in [0.25, 0.3) is 0 Å². The zero-order valence-corrected chi connectivity index (χ0v) is 12.5. The number of β-amino-alcohol motifs (C(OH)–C–C–N with tert-alkyl or cyclic N) is 1. The van der Waals surface area contributed by atoms with Gasteiger partial charge in [0.15, 0.2) is 5.15 Å². The Labute approximate surface area is 132 Å². The van der Waals surface area contributed by atoms with Gasteiger partial charge in [-0.25, -0.2) is 9.78 Å². The summed E-state index contributed by atoms with van der Waals surface area (Å²) >= 11 is 5.88. The van der Waals surface area contributed by atoms with Crippen LogP contribution in [0.3, 0.4) is 0 Å². The average Bonchev–Trinajstić information content (AvgIpc) is 2.51. The largest absolute Gasteiger partial charge is 0.381 e. The van der Waals surface area contributed by atoms with Crippen molar-refractivity contribution in [2.24, 2.45) is 0 Å². The van der Waals surface area contributed by atoms with Crippen LogP contribution in [0, 0.1) is 0 Å². The number of likely N-dealkylation sites (tertiary alicyclic amines) is 1. The fourth-order valence-corrected chi connectivity index (χ4v) is 2.57. The second-order valence-electron chi connectivity index (χ2n) is 5.21. The minimum atomic E-state index is -0.969. The molecular weight excluding hydrogens is 304 g/mol. The lowest BCUT2D eigenvalue weighted by molar-refractivity contribution is -0.0816. The molecule has 2 aromatic rings. The van der Waals surface area contributed by atoms with Gasteiger partial charge in [0, 0.05) is 12.4 Å². The van der Waals surface area contributed by atoms with E-state index in [2.05, 4.69) is 15.3 Å². The van der Waals surface area contributed by atoms with Crippen LogP contribution in [0.4, 0.5) is 4.79 Å². The molecule has 0 saturated carbocycles. The van der Waals surface area contributed by atoms with Gasteiger partial charge >= 0.3 is 6.03 Å². The molecule has 1 aromatic carbocycles. The van der Waals surface area contributed by atoms with E-state index < -0.39 is 5.60 Å². The molecule has 3 rings (SSSR count). The second-order valence-corrected chi connectivity index (χ2v) is 5.56. The number of rotatable bonds is 3. The summed E-state index contributed by atoms with van der Waals surface area (Å²) in [6.07, 6.45) is 3.01. The fraction of sp³-hybridized carbons (Fsp3) is 0.267. The quantitative estimate of drug-likeness (QED) is 0.900. The third-order valence-corrected chi connectivity index (χ3v) is 3.95. The molecule has 1 aliphatic rings. The van der Waals surface area contributed by atoms with Gasteiger partial charge in [-0.1, -0.05) is 41.9 Å². The molecule has 114 valence electrons. The summed E-state index contributed by atoms with van der Waals surface area (Å²) in [4.78, 5) is 21.5. The maximum absolute atomic E-state index is 12.0. The maximum atomic E-state index is 12.0. The Bertz CT molecular complexity index is 674. The lowest BCUT2D eigenvalue weighted by Gasteiger charge is -2.46. The highest BCUT2D eigenvalue weighted by molar-refractivity contribution is 6.29.